The van der Waals surface area contributed by atoms with Crippen molar-refractivity contribution in [1.29, 1.82) is 5.41 Å². The minimum Gasteiger partial charge on any atom is -0.458 e. The van der Waals surface area contributed by atoms with Gasteiger partial charge in [-0.2, -0.15) is 0 Å². The first-order chi connectivity index (χ1) is 7.31. The summed E-state index contributed by atoms with van der Waals surface area (Å²) in [6.45, 7) is 2.29. The highest BCUT2D eigenvalue weighted by Gasteiger charge is 2.00. The molecular formula is C11H21NO2S. The van der Waals surface area contributed by atoms with Gasteiger partial charge in [-0.15, -0.1) is 0 Å². The maximum Gasteiger partial charge on any atom is 0.367 e. The van der Waals surface area contributed by atoms with Crippen molar-refractivity contribution in [2.24, 2.45) is 0 Å². The van der Waals surface area contributed by atoms with Gasteiger partial charge in [-0.3, -0.25) is 0 Å². The second kappa shape index (κ2) is 11.6. The number of carbonyl (C=O) groups is 1. The summed E-state index contributed by atoms with van der Waals surface area (Å²) in [5.41, 5.74) is 0. The largest absolute Gasteiger partial charge is 0.458 e. The summed E-state index contributed by atoms with van der Waals surface area (Å²) in [5, 5.41) is 6.70. The lowest BCUT2D eigenvalue weighted by Gasteiger charge is -2.01. The third-order valence-electron chi connectivity index (χ3n) is 1.97. The number of ether oxygens (including phenoxy) is 1. The van der Waals surface area contributed by atoms with Crippen LogP contribution in [0.5, 0.6) is 0 Å². The normalized spacial score (nSPS) is 9.93. The molecule has 15 heavy (non-hydrogen) atoms. The van der Waals surface area contributed by atoms with E-state index in [4.69, 9.17) is 10.1 Å². The predicted octanol–water partition coefficient (Wildman–Crippen LogP) is 3.87. The molecule has 0 aliphatic heterocycles. The average molecular weight is 231 g/mol. The van der Waals surface area contributed by atoms with Crippen LogP contribution in [0.15, 0.2) is 0 Å². The molecule has 0 radical (unpaired) electrons. The highest BCUT2D eigenvalue weighted by molar-refractivity contribution is 8.13. The topological polar surface area (TPSA) is 50.2 Å². The van der Waals surface area contributed by atoms with E-state index in [2.05, 4.69) is 0 Å². The van der Waals surface area contributed by atoms with E-state index in [9.17, 15) is 4.79 Å². The predicted molar refractivity (Wildman–Crippen MR) is 66.0 cm³/mol. The molecule has 88 valence electrons. The molecule has 0 fully saturated rings. The van der Waals surface area contributed by atoms with Gasteiger partial charge >= 0.3 is 5.30 Å². The summed E-state index contributed by atoms with van der Waals surface area (Å²) in [5.74, 6) is 0.864. The van der Waals surface area contributed by atoms with Gasteiger partial charge in [0.1, 0.15) is 0 Å². The first kappa shape index (κ1) is 14.5. The highest BCUT2D eigenvalue weighted by atomic mass is 32.2. The van der Waals surface area contributed by atoms with Crippen molar-refractivity contribution in [2.75, 3.05) is 12.4 Å². The quantitative estimate of drug-likeness (QED) is 0.372. The molecule has 0 amide bonds. The number of thioether (sulfide) groups is 1. The van der Waals surface area contributed by atoms with Gasteiger partial charge in [0, 0.05) is 5.75 Å². The fourth-order valence-electron chi connectivity index (χ4n) is 1.19. The molecule has 3 nitrogen and oxygen atoms in total. The van der Waals surface area contributed by atoms with E-state index >= 15 is 0 Å². The summed E-state index contributed by atoms with van der Waals surface area (Å²) in [6, 6.07) is 0. The van der Waals surface area contributed by atoms with Crippen LogP contribution >= 0.6 is 11.8 Å². The smallest absolute Gasteiger partial charge is 0.367 e. The molecule has 0 saturated heterocycles. The Morgan fingerprint density at radius 3 is 2.60 bits per heavy atom. The minimum absolute atomic E-state index is 0.152. The van der Waals surface area contributed by atoms with E-state index in [1.807, 2.05) is 6.92 Å². The van der Waals surface area contributed by atoms with Crippen LogP contribution in [-0.4, -0.2) is 23.9 Å². The molecule has 0 bridgehead atoms. The first-order valence-corrected chi connectivity index (χ1v) is 6.58. The molecule has 0 rings (SSSR count). The monoisotopic (exact) mass is 231 g/mol. The Morgan fingerprint density at radius 2 is 1.93 bits per heavy atom. The molecule has 0 heterocycles. The van der Waals surface area contributed by atoms with Crippen molar-refractivity contribution in [2.45, 2.75) is 45.4 Å². The van der Waals surface area contributed by atoms with Crippen molar-refractivity contribution in [3.05, 3.63) is 0 Å². The van der Waals surface area contributed by atoms with E-state index in [1.54, 1.807) is 0 Å². The number of rotatable bonds is 9. The fourth-order valence-corrected chi connectivity index (χ4v) is 1.91. The van der Waals surface area contributed by atoms with Crippen LogP contribution in [0, 0.1) is 5.41 Å². The van der Waals surface area contributed by atoms with E-state index < -0.39 is 0 Å². The SMILES string of the molecule is CCOC(=O)SCCCCCCCC=N. The Balaban J connectivity index is 3.04. The number of unbranched alkanes of at least 4 members (excludes halogenated alkanes) is 5. The van der Waals surface area contributed by atoms with Crippen molar-refractivity contribution in [3.8, 4) is 0 Å². The molecule has 0 aromatic rings. The second-order valence-electron chi connectivity index (χ2n) is 3.29. The standard InChI is InChI=1S/C11H21NO2S/c1-2-14-11(13)15-10-8-6-4-3-5-7-9-12/h9,12H,2-8,10H2,1H3. The number of hydrogen-bond donors (Lipinski definition) is 1. The fraction of sp³-hybridized carbons (Fsp3) is 0.818. The van der Waals surface area contributed by atoms with Crippen LogP contribution < -0.4 is 0 Å². The van der Waals surface area contributed by atoms with Crippen LogP contribution in [0.2, 0.25) is 0 Å². The minimum atomic E-state index is -0.152. The molecule has 0 aromatic heterocycles. The Hall–Kier alpha value is -0.510. The van der Waals surface area contributed by atoms with Crippen molar-refractivity contribution < 1.29 is 9.53 Å². The van der Waals surface area contributed by atoms with Crippen LogP contribution in [0.4, 0.5) is 4.79 Å². The molecule has 0 unspecified atom stereocenters. The molecule has 0 saturated carbocycles. The zero-order chi connectivity index (χ0) is 11.4. The Kier molecular flexibility index (Phi) is 11.2. The lowest BCUT2D eigenvalue weighted by Crippen LogP contribution is -1.97. The van der Waals surface area contributed by atoms with Crippen LogP contribution in [0.25, 0.3) is 0 Å². The van der Waals surface area contributed by atoms with E-state index in [0.29, 0.717) is 6.61 Å². The average Bonchev–Trinajstić information content (AvgIpc) is 2.22. The van der Waals surface area contributed by atoms with Gasteiger partial charge in [0.15, 0.2) is 0 Å². The van der Waals surface area contributed by atoms with E-state index in [-0.39, 0.29) is 5.30 Å². The van der Waals surface area contributed by atoms with Gasteiger partial charge in [0.25, 0.3) is 0 Å². The number of nitrogens with one attached hydrogen (secondary N) is 1. The summed E-state index contributed by atoms with van der Waals surface area (Å²) >= 11 is 1.27. The first-order valence-electron chi connectivity index (χ1n) is 5.59. The van der Waals surface area contributed by atoms with Crippen LogP contribution in [-0.2, 0) is 4.74 Å². The molecule has 0 atom stereocenters. The third-order valence-corrected chi connectivity index (χ3v) is 2.82. The number of hydrogen-bond acceptors (Lipinski definition) is 4. The van der Waals surface area contributed by atoms with Gasteiger partial charge in [-0.1, -0.05) is 19.3 Å². The Morgan fingerprint density at radius 1 is 1.27 bits per heavy atom. The molecule has 0 aromatic carbocycles. The summed E-state index contributed by atoms with van der Waals surface area (Å²) in [6.07, 6.45) is 8.14. The van der Waals surface area contributed by atoms with Crippen LogP contribution in [0.1, 0.15) is 45.4 Å². The lowest BCUT2D eigenvalue weighted by molar-refractivity contribution is 0.181. The molecule has 4 heteroatoms. The maximum atomic E-state index is 10.9. The zero-order valence-corrected chi connectivity index (χ0v) is 10.3. The number of carbonyl (C=O) groups excluding carboxylic acids is 1. The molecule has 1 N–H and O–H groups in total. The summed E-state index contributed by atoms with van der Waals surface area (Å²) in [4.78, 5) is 10.9. The van der Waals surface area contributed by atoms with E-state index in [0.717, 1.165) is 25.0 Å². The highest BCUT2D eigenvalue weighted by Crippen LogP contribution is 2.11. The van der Waals surface area contributed by atoms with Gasteiger partial charge in [-0.25, -0.2) is 4.79 Å². The summed E-state index contributed by atoms with van der Waals surface area (Å²) < 4.78 is 4.80. The molecular weight excluding hydrogens is 210 g/mol. The Bertz CT molecular complexity index is 174. The third kappa shape index (κ3) is 11.4. The van der Waals surface area contributed by atoms with Crippen molar-refractivity contribution in [1.82, 2.24) is 0 Å². The molecule has 0 aliphatic rings. The molecule has 0 aliphatic carbocycles. The Labute approximate surface area is 96.5 Å². The van der Waals surface area contributed by atoms with Gasteiger partial charge in [-0.05, 0) is 44.2 Å². The summed E-state index contributed by atoms with van der Waals surface area (Å²) in [7, 11) is 0. The zero-order valence-electron chi connectivity index (χ0n) is 9.46. The maximum absolute atomic E-state index is 10.9. The van der Waals surface area contributed by atoms with Gasteiger partial charge < -0.3 is 10.1 Å². The van der Waals surface area contributed by atoms with Crippen molar-refractivity contribution in [3.63, 3.8) is 0 Å². The van der Waals surface area contributed by atoms with Gasteiger partial charge in [0.2, 0.25) is 0 Å². The molecule has 0 spiro atoms. The van der Waals surface area contributed by atoms with Crippen molar-refractivity contribution >= 4 is 23.3 Å². The van der Waals surface area contributed by atoms with Gasteiger partial charge in [0.05, 0.1) is 6.61 Å². The lowest BCUT2D eigenvalue weighted by atomic mass is 10.1. The van der Waals surface area contributed by atoms with E-state index in [1.165, 1.54) is 37.2 Å². The second-order valence-corrected chi connectivity index (χ2v) is 4.32. The van der Waals surface area contributed by atoms with Crippen LogP contribution in [0.3, 0.4) is 0 Å².